The Morgan fingerprint density at radius 2 is 1.79 bits per heavy atom. The van der Waals surface area contributed by atoms with Gasteiger partial charge in [-0.25, -0.2) is 4.39 Å². The molecule has 0 spiro atoms. The second-order valence-electron chi connectivity index (χ2n) is 7.45. The highest BCUT2D eigenvalue weighted by Crippen LogP contribution is 2.27. The molecule has 142 valence electrons. The smallest absolute Gasteiger partial charge is 0.248 e. The molecule has 0 atom stereocenters. The average molecular weight is 374 g/mol. The minimum absolute atomic E-state index is 0.223. The summed E-state index contributed by atoms with van der Waals surface area (Å²) in [5.41, 5.74) is 11.8. The zero-order valence-electron chi connectivity index (χ0n) is 15.8. The molecule has 0 heterocycles. The number of primary amides is 1. The Balaban J connectivity index is 1.46. The molecule has 28 heavy (non-hydrogen) atoms. The van der Waals surface area contributed by atoms with Gasteiger partial charge in [0.15, 0.2) is 0 Å². The van der Waals surface area contributed by atoms with Crippen LogP contribution >= 0.6 is 0 Å². The third-order valence-electron chi connectivity index (χ3n) is 5.51. The van der Waals surface area contributed by atoms with Gasteiger partial charge in [0.05, 0.1) is 0 Å². The van der Waals surface area contributed by atoms with Crippen LogP contribution in [0.1, 0.15) is 32.6 Å². The second-order valence-corrected chi connectivity index (χ2v) is 7.45. The molecule has 0 bridgehead atoms. The molecule has 4 rings (SSSR count). The van der Waals surface area contributed by atoms with Crippen LogP contribution in [0.25, 0.3) is 11.1 Å². The van der Waals surface area contributed by atoms with E-state index in [1.54, 1.807) is 18.2 Å². The van der Waals surface area contributed by atoms with Crippen molar-refractivity contribution >= 4 is 5.91 Å². The van der Waals surface area contributed by atoms with Crippen molar-refractivity contribution in [2.45, 2.75) is 32.4 Å². The van der Waals surface area contributed by atoms with Crippen LogP contribution in [0.3, 0.4) is 0 Å². The normalized spacial score (nSPS) is 13.5. The number of carbonyl (C=O) groups excluding carboxylic acids is 1. The molecule has 0 fully saturated rings. The minimum Gasteiger partial charge on any atom is -0.366 e. The number of carbonyl (C=O) groups is 1. The summed E-state index contributed by atoms with van der Waals surface area (Å²) >= 11 is 0. The topological polar surface area (TPSA) is 55.1 Å². The number of aryl methyl sites for hydroxylation is 1. The molecule has 3 N–H and O–H groups in total. The molecule has 3 nitrogen and oxygen atoms in total. The Labute approximate surface area is 164 Å². The molecule has 3 aromatic rings. The van der Waals surface area contributed by atoms with Crippen molar-refractivity contribution in [3.05, 3.63) is 94.3 Å². The molecule has 1 amide bonds. The van der Waals surface area contributed by atoms with E-state index >= 15 is 0 Å². The first-order chi connectivity index (χ1) is 13.5. The van der Waals surface area contributed by atoms with Crippen molar-refractivity contribution in [1.29, 1.82) is 0 Å². The number of nitrogens with one attached hydrogen (secondary N) is 1. The maximum absolute atomic E-state index is 14.7. The minimum atomic E-state index is -0.462. The summed E-state index contributed by atoms with van der Waals surface area (Å²) in [4.78, 5) is 11.3. The van der Waals surface area contributed by atoms with Crippen LogP contribution in [0.2, 0.25) is 0 Å². The summed E-state index contributed by atoms with van der Waals surface area (Å²) in [6.45, 7) is 2.40. The first kappa shape index (κ1) is 18.4. The van der Waals surface area contributed by atoms with Gasteiger partial charge in [-0.2, -0.15) is 0 Å². The molecular weight excluding hydrogens is 351 g/mol. The van der Waals surface area contributed by atoms with Crippen LogP contribution in [-0.2, 0) is 19.4 Å². The van der Waals surface area contributed by atoms with Crippen LogP contribution in [0.5, 0.6) is 0 Å². The second kappa shape index (κ2) is 7.56. The van der Waals surface area contributed by atoms with E-state index in [-0.39, 0.29) is 5.82 Å². The molecule has 0 saturated carbocycles. The van der Waals surface area contributed by atoms with E-state index in [9.17, 15) is 9.18 Å². The van der Waals surface area contributed by atoms with Gasteiger partial charge in [0.2, 0.25) is 5.91 Å². The van der Waals surface area contributed by atoms with Crippen LogP contribution in [0, 0.1) is 12.7 Å². The van der Waals surface area contributed by atoms with E-state index < -0.39 is 5.91 Å². The number of benzene rings is 3. The highest BCUT2D eigenvalue weighted by molar-refractivity contribution is 5.93. The number of hydrogen-bond donors (Lipinski definition) is 2. The third kappa shape index (κ3) is 3.69. The fourth-order valence-corrected chi connectivity index (χ4v) is 3.96. The van der Waals surface area contributed by atoms with Crippen molar-refractivity contribution in [3.8, 4) is 11.1 Å². The molecule has 4 heteroatoms. The van der Waals surface area contributed by atoms with Crippen molar-refractivity contribution in [3.63, 3.8) is 0 Å². The fourth-order valence-electron chi connectivity index (χ4n) is 3.96. The molecule has 0 radical (unpaired) electrons. The molecule has 0 aromatic heterocycles. The predicted molar refractivity (Wildman–Crippen MR) is 110 cm³/mol. The van der Waals surface area contributed by atoms with Gasteiger partial charge >= 0.3 is 0 Å². The SMILES string of the molecule is Cc1cc(C(N)=O)ccc1-c1ccc(CNC2Cc3ccccc3C2)c(F)c1. The Kier molecular flexibility index (Phi) is 4.97. The Bertz CT molecular complexity index is 1020. The van der Waals surface area contributed by atoms with Crippen LogP contribution in [0.4, 0.5) is 4.39 Å². The summed E-state index contributed by atoms with van der Waals surface area (Å²) in [5, 5.41) is 3.48. The average Bonchev–Trinajstić information content (AvgIpc) is 3.10. The summed E-state index contributed by atoms with van der Waals surface area (Å²) < 4.78 is 14.7. The number of rotatable bonds is 5. The lowest BCUT2D eigenvalue weighted by molar-refractivity contribution is 0.1000. The van der Waals surface area contributed by atoms with Crippen molar-refractivity contribution in [1.82, 2.24) is 5.32 Å². The zero-order chi connectivity index (χ0) is 19.7. The lowest BCUT2D eigenvalue weighted by Gasteiger charge is -2.14. The van der Waals surface area contributed by atoms with E-state index in [0.717, 1.165) is 29.5 Å². The van der Waals surface area contributed by atoms with Gasteiger partial charge in [-0.3, -0.25) is 4.79 Å². The van der Waals surface area contributed by atoms with Gasteiger partial charge in [0.1, 0.15) is 5.82 Å². The van der Waals surface area contributed by atoms with E-state index in [2.05, 4.69) is 29.6 Å². The molecule has 0 unspecified atom stereocenters. The maximum Gasteiger partial charge on any atom is 0.248 e. The van der Waals surface area contributed by atoms with E-state index in [1.165, 1.54) is 11.1 Å². The summed E-state index contributed by atoms with van der Waals surface area (Å²) in [7, 11) is 0. The molecule has 0 aliphatic heterocycles. The number of amides is 1. The summed E-state index contributed by atoms with van der Waals surface area (Å²) in [6.07, 6.45) is 1.97. The summed E-state index contributed by atoms with van der Waals surface area (Å²) in [5.74, 6) is -0.685. The first-order valence-corrected chi connectivity index (χ1v) is 9.50. The highest BCUT2D eigenvalue weighted by atomic mass is 19.1. The van der Waals surface area contributed by atoms with Crippen LogP contribution in [0.15, 0.2) is 60.7 Å². The number of hydrogen-bond acceptors (Lipinski definition) is 2. The molecule has 1 aliphatic carbocycles. The monoisotopic (exact) mass is 374 g/mol. The first-order valence-electron chi connectivity index (χ1n) is 9.50. The lowest BCUT2D eigenvalue weighted by atomic mass is 9.97. The van der Waals surface area contributed by atoms with Crippen LogP contribution < -0.4 is 11.1 Å². The number of halogens is 1. The Hall–Kier alpha value is -2.98. The van der Waals surface area contributed by atoms with Gasteiger partial charge in [0.25, 0.3) is 0 Å². The maximum atomic E-state index is 14.7. The molecular formula is C24H23FN2O. The molecule has 3 aromatic carbocycles. The van der Waals surface area contributed by atoms with E-state index in [4.69, 9.17) is 5.73 Å². The van der Waals surface area contributed by atoms with Gasteiger partial charge < -0.3 is 11.1 Å². The number of nitrogens with two attached hydrogens (primary N) is 1. The number of fused-ring (bicyclic) bond motifs is 1. The van der Waals surface area contributed by atoms with Crippen molar-refractivity contribution in [2.24, 2.45) is 5.73 Å². The van der Waals surface area contributed by atoms with E-state index in [0.29, 0.717) is 23.7 Å². The summed E-state index contributed by atoms with van der Waals surface area (Å²) in [6, 6.07) is 19.4. The zero-order valence-corrected chi connectivity index (χ0v) is 15.8. The van der Waals surface area contributed by atoms with Gasteiger partial charge in [0, 0.05) is 23.7 Å². The quantitative estimate of drug-likeness (QED) is 0.705. The molecule has 0 saturated heterocycles. The van der Waals surface area contributed by atoms with Gasteiger partial charge in [-0.1, -0.05) is 42.5 Å². The largest absolute Gasteiger partial charge is 0.366 e. The predicted octanol–water partition coefficient (Wildman–Crippen LogP) is 4.16. The fraction of sp³-hybridized carbons (Fsp3) is 0.208. The van der Waals surface area contributed by atoms with E-state index in [1.807, 2.05) is 25.1 Å². The van der Waals surface area contributed by atoms with Gasteiger partial charge in [-0.15, -0.1) is 0 Å². The van der Waals surface area contributed by atoms with Crippen LogP contribution in [-0.4, -0.2) is 11.9 Å². The van der Waals surface area contributed by atoms with Crippen molar-refractivity contribution < 1.29 is 9.18 Å². The molecule has 1 aliphatic rings. The Morgan fingerprint density at radius 3 is 2.39 bits per heavy atom. The van der Waals surface area contributed by atoms with Crippen molar-refractivity contribution in [2.75, 3.05) is 0 Å². The van der Waals surface area contributed by atoms with Gasteiger partial charge in [-0.05, 0) is 65.8 Å². The standard InChI is InChI=1S/C24H23FN2O/c1-15-10-19(24(26)28)8-9-22(15)18-6-7-20(23(25)13-18)14-27-21-11-16-4-2-3-5-17(16)12-21/h2-10,13,21,27H,11-12,14H2,1H3,(H2,26,28). The third-order valence-corrected chi connectivity index (χ3v) is 5.51. The lowest BCUT2D eigenvalue weighted by Crippen LogP contribution is -2.29. The Morgan fingerprint density at radius 1 is 1.07 bits per heavy atom. The highest BCUT2D eigenvalue weighted by Gasteiger charge is 2.20.